The molecular weight excluding hydrogens is 436 g/mol. The minimum absolute atomic E-state index is 0.0741. The van der Waals surface area contributed by atoms with Gasteiger partial charge in [-0.05, 0) is 55.4 Å². The van der Waals surface area contributed by atoms with Crippen LogP contribution in [0.4, 0.5) is 0 Å². The molecule has 33 heavy (non-hydrogen) atoms. The zero-order chi connectivity index (χ0) is 23.3. The highest BCUT2D eigenvalue weighted by Crippen LogP contribution is 2.38. The van der Waals surface area contributed by atoms with Gasteiger partial charge in [0.2, 0.25) is 11.8 Å². The molecule has 1 aliphatic heterocycles. The quantitative estimate of drug-likeness (QED) is 0.509. The first-order valence-corrected chi connectivity index (χ1v) is 12.2. The molecule has 2 amide bonds. The summed E-state index contributed by atoms with van der Waals surface area (Å²) in [6.07, 6.45) is 5.03. The molecule has 0 spiro atoms. The smallest absolute Gasteiger partial charge is 0.223 e. The number of likely N-dealkylation sites (tertiary alicyclic amines) is 1. The SMILES string of the molecule is CN(Cc1ccccc1)C(=O)CC1(COc2cccc(Cl)c2)CCCN(C(=O)CC2CC2)C1. The van der Waals surface area contributed by atoms with Crippen molar-refractivity contribution in [2.75, 3.05) is 26.7 Å². The van der Waals surface area contributed by atoms with E-state index in [-0.39, 0.29) is 11.8 Å². The molecule has 2 aromatic carbocycles. The molecule has 176 valence electrons. The van der Waals surface area contributed by atoms with Crippen molar-refractivity contribution in [3.8, 4) is 5.75 Å². The van der Waals surface area contributed by atoms with Crippen LogP contribution in [0.3, 0.4) is 0 Å². The summed E-state index contributed by atoms with van der Waals surface area (Å²) in [5, 5.41) is 0.616. The summed E-state index contributed by atoms with van der Waals surface area (Å²) >= 11 is 6.13. The van der Waals surface area contributed by atoms with Crippen LogP contribution < -0.4 is 4.74 Å². The summed E-state index contributed by atoms with van der Waals surface area (Å²) < 4.78 is 6.16. The summed E-state index contributed by atoms with van der Waals surface area (Å²) in [4.78, 5) is 29.9. The lowest BCUT2D eigenvalue weighted by atomic mass is 9.77. The van der Waals surface area contributed by atoms with E-state index in [0.29, 0.717) is 49.2 Å². The molecule has 5 nitrogen and oxygen atoms in total. The van der Waals surface area contributed by atoms with Crippen LogP contribution in [0, 0.1) is 11.3 Å². The number of amides is 2. The van der Waals surface area contributed by atoms with E-state index in [1.807, 2.05) is 60.5 Å². The van der Waals surface area contributed by atoms with Crippen LogP contribution in [0.25, 0.3) is 0 Å². The van der Waals surface area contributed by atoms with Crippen LogP contribution in [-0.2, 0) is 16.1 Å². The minimum Gasteiger partial charge on any atom is -0.493 e. The van der Waals surface area contributed by atoms with E-state index in [1.54, 1.807) is 11.0 Å². The van der Waals surface area contributed by atoms with Gasteiger partial charge >= 0.3 is 0 Å². The molecule has 1 atom stereocenters. The Morgan fingerprint density at radius 1 is 1.15 bits per heavy atom. The molecule has 0 N–H and O–H groups in total. The van der Waals surface area contributed by atoms with Crippen molar-refractivity contribution >= 4 is 23.4 Å². The summed E-state index contributed by atoms with van der Waals surface area (Å²) in [6, 6.07) is 17.3. The molecule has 2 aromatic rings. The molecular formula is C27H33ClN2O3. The van der Waals surface area contributed by atoms with Gasteiger partial charge in [-0.15, -0.1) is 0 Å². The second-order valence-corrected chi connectivity index (χ2v) is 10.2. The first-order chi connectivity index (χ1) is 15.9. The third-order valence-corrected chi connectivity index (χ3v) is 6.97. The van der Waals surface area contributed by atoms with Gasteiger partial charge in [-0.2, -0.15) is 0 Å². The van der Waals surface area contributed by atoms with Crippen molar-refractivity contribution in [3.63, 3.8) is 0 Å². The zero-order valence-electron chi connectivity index (χ0n) is 19.3. The van der Waals surface area contributed by atoms with Crippen molar-refractivity contribution in [2.45, 2.75) is 45.1 Å². The number of hydrogen-bond acceptors (Lipinski definition) is 3. The van der Waals surface area contributed by atoms with Crippen LogP contribution >= 0.6 is 11.6 Å². The van der Waals surface area contributed by atoms with E-state index >= 15 is 0 Å². The van der Waals surface area contributed by atoms with Gasteiger partial charge in [-0.25, -0.2) is 0 Å². The molecule has 2 aliphatic rings. The Bertz CT molecular complexity index is 963. The molecule has 1 saturated heterocycles. The maximum atomic E-state index is 13.3. The highest BCUT2D eigenvalue weighted by molar-refractivity contribution is 6.30. The van der Waals surface area contributed by atoms with Crippen LogP contribution in [-0.4, -0.2) is 48.4 Å². The topological polar surface area (TPSA) is 49.9 Å². The third-order valence-electron chi connectivity index (χ3n) is 6.73. The number of carbonyl (C=O) groups is 2. The number of carbonyl (C=O) groups excluding carboxylic acids is 2. The molecule has 2 fully saturated rings. The number of nitrogens with zero attached hydrogens (tertiary/aromatic N) is 2. The Morgan fingerprint density at radius 2 is 1.94 bits per heavy atom. The lowest BCUT2D eigenvalue weighted by molar-refractivity contribution is -0.141. The second kappa shape index (κ2) is 10.6. The Balaban J connectivity index is 1.47. The molecule has 1 aliphatic carbocycles. The number of piperidine rings is 1. The molecule has 0 aromatic heterocycles. The standard InChI is InChI=1S/C27H33ClN2O3/c1-29(18-22-7-3-2-4-8-22)26(32)17-27(20-33-24-10-5-9-23(28)16-24)13-6-14-30(19-27)25(31)15-21-11-12-21/h2-5,7-10,16,21H,6,11-15,17-20H2,1H3. The molecule has 1 unspecified atom stereocenters. The fraction of sp³-hybridized carbons (Fsp3) is 0.481. The predicted molar refractivity (Wildman–Crippen MR) is 130 cm³/mol. The number of hydrogen-bond donors (Lipinski definition) is 0. The predicted octanol–water partition coefficient (Wildman–Crippen LogP) is 5.18. The molecule has 0 radical (unpaired) electrons. The van der Waals surface area contributed by atoms with Crippen LogP contribution in [0.2, 0.25) is 5.02 Å². The lowest BCUT2D eigenvalue weighted by Gasteiger charge is -2.43. The maximum absolute atomic E-state index is 13.3. The van der Waals surface area contributed by atoms with Gasteiger partial charge in [-0.1, -0.05) is 48.0 Å². The third kappa shape index (κ3) is 6.73. The molecule has 1 heterocycles. The maximum Gasteiger partial charge on any atom is 0.223 e. The first kappa shape index (κ1) is 23.6. The largest absolute Gasteiger partial charge is 0.493 e. The minimum atomic E-state index is -0.415. The fourth-order valence-electron chi connectivity index (χ4n) is 4.63. The molecule has 0 bridgehead atoms. The highest BCUT2D eigenvalue weighted by atomic mass is 35.5. The molecule has 1 saturated carbocycles. The van der Waals surface area contributed by atoms with E-state index in [0.717, 1.165) is 37.8 Å². The molecule has 6 heteroatoms. The average Bonchev–Trinajstić information content (AvgIpc) is 3.63. The van der Waals surface area contributed by atoms with Gasteiger partial charge in [0.05, 0.1) is 6.61 Å². The Labute approximate surface area is 201 Å². The van der Waals surface area contributed by atoms with Crippen LogP contribution in [0.1, 0.15) is 44.1 Å². The Kier molecular flexibility index (Phi) is 7.59. The first-order valence-electron chi connectivity index (χ1n) is 11.9. The van der Waals surface area contributed by atoms with Crippen LogP contribution in [0.5, 0.6) is 5.75 Å². The number of rotatable bonds is 9. The van der Waals surface area contributed by atoms with E-state index in [1.165, 1.54) is 0 Å². The number of halogens is 1. The number of ether oxygens (including phenoxy) is 1. The van der Waals surface area contributed by atoms with Crippen molar-refractivity contribution in [1.29, 1.82) is 0 Å². The van der Waals surface area contributed by atoms with Gasteiger partial charge in [0.25, 0.3) is 0 Å². The van der Waals surface area contributed by atoms with Crippen molar-refractivity contribution in [3.05, 3.63) is 65.2 Å². The highest BCUT2D eigenvalue weighted by Gasteiger charge is 2.41. The average molecular weight is 469 g/mol. The van der Waals surface area contributed by atoms with Gasteiger partial charge in [0, 0.05) is 50.0 Å². The van der Waals surface area contributed by atoms with Crippen molar-refractivity contribution in [1.82, 2.24) is 9.80 Å². The summed E-state index contributed by atoms with van der Waals surface area (Å²) in [7, 11) is 1.85. The zero-order valence-corrected chi connectivity index (χ0v) is 20.1. The fourth-order valence-corrected chi connectivity index (χ4v) is 4.81. The van der Waals surface area contributed by atoms with Gasteiger partial charge in [0.1, 0.15) is 5.75 Å². The van der Waals surface area contributed by atoms with Gasteiger partial charge in [-0.3, -0.25) is 9.59 Å². The lowest BCUT2D eigenvalue weighted by Crippen LogP contribution is -2.50. The van der Waals surface area contributed by atoms with E-state index in [4.69, 9.17) is 16.3 Å². The summed E-state index contributed by atoms with van der Waals surface area (Å²) in [5.74, 6) is 1.53. The van der Waals surface area contributed by atoms with E-state index in [2.05, 4.69) is 0 Å². The van der Waals surface area contributed by atoms with Crippen molar-refractivity contribution in [2.24, 2.45) is 11.3 Å². The monoisotopic (exact) mass is 468 g/mol. The Morgan fingerprint density at radius 3 is 2.67 bits per heavy atom. The normalized spacial score (nSPS) is 20.4. The van der Waals surface area contributed by atoms with E-state index < -0.39 is 5.41 Å². The van der Waals surface area contributed by atoms with E-state index in [9.17, 15) is 9.59 Å². The number of benzene rings is 2. The van der Waals surface area contributed by atoms with Gasteiger partial charge in [0.15, 0.2) is 0 Å². The van der Waals surface area contributed by atoms with Gasteiger partial charge < -0.3 is 14.5 Å². The van der Waals surface area contributed by atoms with Crippen LogP contribution in [0.15, 0.2) is 54.6 Å². The summed E-state index contributed by atoms with van der Waals surface area (Å²) in [6.45, 7) is 2.27. The molecule has 4 rings (SSSR count). The Hall–Kier alpha value is -2.53. The second-order valence-electron chi connectivity index (χ2n) is 9.72. The van der Waals surface area contributed by atoms with Crippen molar-refractivity contribution < 1.29 is 14.3 Å². The summed E-state index contributed by atoms with van der Waals surface area (Å²) in [5.41, 5.74) is 0.685.